The number of alkyl halides is 3. The van der Waals surface area contributed by atoms with Crippen LogP contribution in [0.25, 0.3) is 0 Å². The summed E-state index contributed by atoms with van der Waals surface area (Å²) >= 11 is 2.63. The van der Waals surface area contributed by atoms with E-state index in [1.807, 2.05) is 0 Å². The van der Waals surface area contributed by atoms with Crippen molar-refractivity contribution in [3.05, 3.63) is 33.5 Å². The van der Waals surface area contributed by atoms with Crippen LogP contribution < -0.4 is 0 Å². The second-order valence-electron chi connectivity index (χ2n) is 2.84. The van der Waals surface area contributed by atoms with Crippen LogP contribution in [-0.4, -0.2) is 5.78 Å². The first-order valence-corrected chi connectivity index (χ1v) is 4.60. The first kappa shape index (κ1) is 12.2. The first-order valence-electron chi connectivity index (χ1n) is 3.81. The molecule has 0 heterocycles. The van der Waals surface area contributed by atoms with E-state index in [0.717, 1.165) is 6.92 Å². The highest BCUT2D eigenvalue weighted by atomic mass is 79.9. The molecule has 0 aliphatic heterocycles. The fourth-order valence-corrected chi connectivity index (χ4v) is 1.76. The summed E-state index contributed by atoms with van der Waals surface area (Å²) < 4.78 is 49.8. The number of ketones is 1. The lowest BCUT2D eigenvalue weighted by molar-refractivity contribution is -0.138. The Morgan fingerprint density at radius 1 is 1.33 bits per heavy atom. The third kappa shape index (κ3) is 2.37. The van der Waals surface area contributed by atoms with Gasteiger partial charge in [-0.2, -0.15) is 13.2 Å². The van der Waals surface area contributed by atoms with Crippen molar-refractivity contribution in [2.75, 3.05) is 0 Å². The lowest BCUT2D eigenvalue weighted by Crippen LogP contribution is -2.13. The summed E-state index contributed by atoms with van der Waals surface area (Å²) in [6, 6.07) is 1.22. The van der Waals surface area contributed by atoms with Crippen molar-refractivity contribution in [2.45, 2.75) is 13.1 Å². The van der Waals surface area contributed by atoms with E-state index < -0.39 is 33.4 Å². The molecule has 0 fully saturated rings. The van der Waals surface area contributed by atoms with E-state index in [1.165, 1.54) is 0 Å². The van der Waals surface area contributed by atoms with Crippen molar-refractivity contribution in [3.8, 4) is 0 Å². The molecule has 0 radical (unpaired) electrons. The van der Waals surface area contributed by atoms with Gasteiger partial charge in [-0.25, -0.2) is 4.39 Å². The van der Waals surface area contributed by atoms with Crippen LogP contribution in [0.5, 0.6) is 0 Å². The molecule has 0 spiro atoms. The Hall–Kier alpha value is -0.910. The Morgan fingerprint density at radius 2 is 1.87 bits per heavy atom. The third-order valence-electron chi connectivity index (χ3n) is 1.75. The van der Waals surface area contributed by atoms with Gasteiger partial charge in [-0.15, -0.1) is 0 Å². The van der Waals surface area contributed by atoms with Crippen molar-refractivity contribution in [1.29, 1.82) is 0 Å². The van der Waals surface area contributed by atoms with Gasteiger partial charge in [0.25, 0.3) is 0 Å². The molecule has 0 amide bonds. The molecule has 82 valence electrons. The van der Waals surface area contributed by atoms with Gasteiger partial charge in [0, 0.05) is 5.56 Å². The van der Waals surface area contributed by atoms with Gasteiger partial charge >= 0.3 is 6.18 Å². The lowest BCUT2D eigenvalue weighted by Gasteiger charge is -2.12. The van der Waals surface area contributed by atoms with Gasteiger partial charge in [-0.3, -0.25) is 4.79 Å². The number of hydrogen-bond donors (Lipinski definition) is 0. The SMILES string of the molecule is CC(=O)c1c(C(F)(F)F)ccc(F)c1Br. The Bertz CT molecular complexity index is 411. The minimum Gasteiger partial charge on any atom is -0.294 e. The van der Waals surface area contributed by atoms with Gasteiger partial charge in [0.2, 0.25) is 0 Å². The standard InChI is InChI=1S/C9H5BrF4O/c1-4(15)7-5(9(12,13)14)2-3-6(11)8(7)10/h2-3H,1H3. The Morgan fingerprint density at radius 3 is 2.27 bits per heavy atom. The minimum atomic E-state index is -4.67. The highest BCUT2D eigenvalue weighted by Gasteiger charge is 2.36. The van der Waals surface area contributed by atoms with Crippen LogP contribution in [0.15, 0.2) is 16.6 Å². The normalized spacial score (nSPS) is 11.6. The zero-order valence-electron chi connectivity index (χ0n) is 7.45. The molecule has 0 saturated heterocycles. The summed E-state index contributed by atoms with van der Waals surface area (Å²) in [5, 5.41) is 0. The molecule has 0 aromatic heterocycles. The molecular formula is C9H5BrF4O. The summed E-state index contributed by atoms with van der Waals surface area (Å²) in [5.74, 6) is -1.73. The van der Waals surface area contributed by atoms with E-state index in [9.17, 15) is 22.4 Å². The maximum absolute atomic E-state index is 12.9. The van der Waals surface area contributed by atoms with Gasteiger partial charge in [0.15, 0.2) is 5.78 Å². The van der Waals surface area contributed by atoms with Gasteiger partial charge in [0.1, 0.15) is 5.82 Å². The van der Waals surface area contributed by atoms with Crippen LogP contribution >= 0.6 is 15.9 Å². The number of Topliss-reactive ketones (excluding diaryl/α,β-unsaturated/α-hetero) is 1. The molecule has 0 aliphatic carbocycles. The Kier molecular flexibility index (Phi) is 3.18. The maximum atomic E-state index is 12.9. The maximum Gasteiger partial charge on any atom is 0.417 e. The van der Waals surface area contributed by atoms with Gasteiger partial charge in [-0.05, 0) is 35.0 Å². The van der Waals surface area contributed by atoms with E-state index in [1.54, 1.807) is 0 Å². The average molecular weight is 285 g/mol. The summed E-state index contributed by atoms with van der Waals surface area (Å²) in [7, 11) is 0. The van der Waals surface area contributed by atoms with E-state index >= 15 is 0 Å². The summed E-state index contributed by atoms with van der Waals surface area (Å²) in [6.07, 6.45) is -4.67. The Balaban J connectivity index is 3.55. The summed E-state index contributed by atoms with van der Waals surface area (Å²) in [5.41, 5.74) is -1.81. The molecule has 0 bridgehead atoms. The molecule has 15 heavy (non-hydrogen) atoms. The van der Waals surface area contributed by atoms with Crippen molar-refractivity contribution >= 4 is 21.7 Å². The van der Waals surface area contributed by atoms with Crippen molar-refractivity contribution < 1.29 is 22.4 Å². The number of carbonyl (C=O) groups is 1. The number of halogens is 5. The molecule has 1 aromatic carbocycles. The van der Waals surface area contributed by atoms with Gasteiger partial charge in [-0.1, -0.05) is 0 Å². The van der Waals surface area contributed by atoms with E-state index in [0.29, 0.717) is 12.1 Å². The van der Waals surface area contributed by atoms with Crippen LogP contribution in [0.4, 0.5) is 17.6 Å². The quantitative estimate of drug-likeness (QED) is 0.566. The number of rotatable bonds is 1. The highest BCUT2D eigenvalue weighted by Crippen LogP contribution is 2.36. The van der Waals surface area contributed by atoms with E-state index in [4.69, 9.17) is 0 Å². The third-order valence-corrected chi connectivity index (χ3v) is 2.53. The molecule has 0 N–H and O–H groups in total. The monoisotopic (exact) mass is 284 g/mol. The predicted octanol–water partition coefficient (Wildman–Crippen LogP) is 3.81. The van der Waals surface area contributed by atoms with E-state index in [2.05, 4.69) is 15.9 Å². The van der Waals surface area contributed by atoms with Crippen molar-refractivity contribution in [1.82, 2.24) is 0 Å². The van der Waals surface area contributed by atoms with Crippen molar-refractivity contribution in [3.63, 3.8) is 0 Å². The summed E-state index contributed by atoms with van der Waals surface area (Å²) in [6.45, 7) is 0.953. The number of carbonyl (C=O) groups excluding carboxylic acids is 1. The van der Waals surface area contributed by atoms with Crippen LogP contribution in [-0.2, 0) is 6.18 Å². The molecule has 0 unspecified atom stereocenters. The fourth-order valence-electron chi connectivity index (χ4n) is 1.13. The molecule has 0 aliphatic rings. The fraction of sp³-hybridized carbons (Fsp3) is 0.222. The first-order chi connectivity index (χ1) is 6.75. The van der Waals surface area contributed by atoms with Gasteiger partial charge in [0.05, 0.1) is 10.0 Å². The topological polar surface area (TPSA) is 17.1 Å². The molecular weight excluding hydrogens is 280 g/mol. The zero-order valence-corrected chi connectivity index (χ0v) is 9.04. The molecule has 1 nitrogen and oxygen atoms in total. The lowest BCUT2D eigenvalue weighted by atomic mass is 10.0. The van der Waals surface area contributed by atoms with Crippen LogP contribution in [0.1, 0.15) is 22.8 Å². The van der Waals surface area contributed by atoms with Crippen LogP contribution in [0, 0.1) is 5.82 Å². The largest absolute Gasteiger partial charge is 0.417 e. The van der Waals surface area contributed by atoms with Crippen LogP contribution in [0.2, 0.25) is 0 Å². The zero-order chi connectivity index (χ0) is 11.8. The molecule has 0 saturated carbocycles. The molecule has 0 atom stereocenters. The van der Waals surface area contributed by atoms with E-state index in [-0.39, 0.29) is 0 Å². The van der Waals surface area contributed by atoms with Crippen LogP contribution in [0.3, 0.4) is 0 Å². The number of hydrogen-bond acceptors (Lipinski definition) is 1. The van der Waals surface area contributed by atoms with Gasteiger partial charge < -0.3 is 0 Å². The highest BCUT2D eigenvalue weighted by molar-refractivity contribution is 9.10. The second-order valence-corrected chi connectivity index (χ2v) is 3.63. The molecule has 6 heteroatoms. The minimum absolute atomic E-state index is 0.454. The smallest absolute Gasteiger partial charge is 0.294 e. The Labute approximate surface area is 91.2 Å². The summed E-state index contributed by atoms with van der Waals surface area (Å²) in [4.78, 5) is 11.0. The average Bonchev–Trinajstić information content (AvgIpc) is 2.06. The van der Waals surface area contributed by atoms with Crippen molar-refractivity contribution in [2.24, 2.45) is 0 Å². The predicted molar refractivity (Wildman–Crippen MR) is 49.1 cm³/mol. The number of benzene rings is 1. The molecule has 1 aromatic rings. The second kappa shape index (κ2) is 3.92. The molecule has 1 rings (SSSR count).